The molecule has 1 N–H and O–H groups in total. The lowest BCUT2D eigenvalue weighted by molar-refractivity contribution is -0.116. The largest absolute Gasteiger partial charge is 0.497 e. The lowest BCUT2D eigenvalue weighted by atomic mass is 9.89. The van der Waals surface area contributed by atoms with E-state index < -0.39 is 0 Å². The zero-order valence-electron chi connectivity index (χ0n) is 13.6. The summed E-state index contributed by atoms with van der Waals surface area (Å²) >= 11 is 7.69. The van der Waals surface area contributed by atoms with Crippen LogP contribution in [0.5, 0.6) is 5.75 Å². The van der Waals surface area contributed by atoms with E-state index in [1.807, 2.05) is 48.5 Å². The van der Waals surface area contributed by atoms with Crippen molar-refractivity contribution >= 4 is 34.5 Å². The Morgan fingerprint density at radius 1 is 1.12 bits per heavy atom. The first kappa shape index (κ1) is 16.2. The second-order valence-electron chi connectivity index (χ2n) is 5.97. The second kappa shape index (κ2) is 6.54. The Morgan fingerprint density at radius 2 is 1.84 bits per heavy atom. The fraction of sp³-hybridized carbons (Fsp3) is 0.150. The van der Waals surface area contributed by atoms with Gasteiger partial charge in [-0.05, 0) is 35.4 Å². The average Bonchev–Trinajstić information content (AvgIpc) is 3.05. The highest BCUT2D eigenvalue weighted by atomic mass is 35.5. The van der Waals surface area contributed by atoms with Crippen molar-refractivity contribution in [3.05, 3.63) is 69.4 Å². The first-order valence-electron chi connectivity index (χ1n) is 7.97. The van der Waals surface area contributed by atoms with Gasteiger partial charge in [-0.1, -0.05) is 35.9 Å². The number of nitrogens with one attached hydrogen (secondary N) is 1. The molecule has 5 heteroatoms. The summed E-state index contributed by atoms with van der Waals surface area (Å²) in [4.78, 5) is 13.5. The van der Waals surface area contributed by atoms with Crippen molar-refractivity contribution in [1.82, 2.24) is 0 Å². The lowest BCUT2D eigenvalue weighted by Crippen LogP contribution is -2.22. The van der Waals surface area contributed by atoms with Crippen molar-refractivity contribution < 1.29 is 9.53 Å². The van der Waals surface area contributed by atoms with Crippen LogP contribution >= 0.6 is 22.9 Å². The molecular formula is C20H16ClNO2S. The van der Waals surface area contributed by atoms with Gasteiger partial charge in [-0.2, -0.15) is 0 Å². The van der Waals surface area contributed by atoms with Crippen molar-refractivity contribution in [1.29, 1.82) is 0 Å². The molecule has 1 aliphatic heterocycles. The maximum Gasteiger partial charge on any atom is 0.225 e. The molecule has 0 saturated heterocycles. The quantitative estimate of drug-likeness (QED) is 0.657. The number of carbonyl (C=O) groups excluding carboxylic acids is 1. The van der Waals surface area contributed by atoms with Gasteiger partial charge in [-0.25, -0.2) is 0 Å². The van der Waals surface area contributed by atoms with E-state index in [1.54, 1.807) is 18.4 Å². The number of hydrogen-bond donors (Lipinski definition) is 1. The number of amides is 1. The molecule has 2 aromatic carbocycles. The Labute approximate surface area is 155 Å². The summed E-state index contributed by atoms with van der Waals surface area (Å²) in [5.41, 5.74) is 4.15. The number of anilines is 1. The standard InChI is InChI=1S/C20H16ClNO2S/c1-24-15-8-4-13(5-9-15)17-11-25-20-16(10-18(23)22-19(17)20)12-2-6-14(21)7-3-12/h2-9,11,16H,10H2,1H3,(H,22,23)/t16-/m1/s1. The number of halogens is 1. The number of hydrogen-bond acceptors (Lipinski definition) is 3. The molecule has 1 atom stereocenters. The number of ether oxygens (including phenoxy) is 1. The van der Waals surface area contributed by atoms with Gasteiger partial charge in [0.1, 0.15) is 5.75 Å². The smallest absolute Gasteiger partial charge is 0.225 e. The van der Waals surface area contributed by atoms with Gasteiger partial charge in [-0.15, -0.1) is 11.3 Å². The van der Waals surface area contributed by atoms with Gasteiger partial charge in [0.25, 0.3) is 0 Å². The number of fused-ring (bicyclic) bond motifs is 1. The minimum absolute atomic E-state index is 0.0422. The predicted octanol–water partition coefficient (Wildman–Crippen LogP) is 5.55. The fourth-order valence-corrected chi connectivity index (χ4v) is 4.46. The van der Waals surface area contributed by atoms with E-state index >= 15 is 0 Å². The zero-order chi connectivity index (χ0) is 17.4. The molecule has 1 aromatic heterocycles. The summed E-state index contributed by atoms with van der Waals surface area (Å²) in [6.07, 6.45) is 0.456. The van der Waals surface area contributed by atoms with E-state index in [0.29, 0.717) is 11.4 Å². The molecule has 4 rings (SSSR count). The molecule has 3 nitrogen and oxygen atoms in total. The minimum atomic E-state index is 0.0422. The molecule has 126 valence electrons. The molecular weight excluding hydrogens is 354 g/mol. The van der Waals surface area contributed by atoms with Crippen LogP contribution in [0.1, 0.15) is 22.8 Å². The van der Waals surface area contributed by atoms with E-state index in [4.69, 9.17) is 16.3 Å². The van der Waals surface area contributed by atoms with E-state index in [1.165, 1.54) is 4.88 Å². The third kappa shape index (κ3) is 3.03. The molecule has 1 amide bonds. The topological polar surface area (TPSA) is 38.3 Å². The van der Waals surface area contributed by atoms with Crippen molar-refractivity contribution in [3.63, 3.8) is 0 Å². The van der Waals surface area contributed by atoms with Crippen LogP contribution in [0.2, 0.25) is 5.02 Å². The Balaban J connectivity index is 1.76. The van der Waals surface area contributed by atoms with E-state index in [-0.39, 0.29) is 11.8 Å². The lowest BCUT2D eigenvalue weighted by Gasteiger charge is -2.24. The third-order valence-electron chi connectivity index (χ3n) is 4.46. The number of thiophene rings is 1. The molecule has 0 radical (unpaired) electrons. The third-order valence-corrected chi connectivity index (χ3v) is 5.81. The molecule has 0 bridgehead atoms. The Hall–Kier alpha value is -2.30. The van der Waals surface area contributed by atoms with Crippen molar-refractivity contribution in [2.45, 2.75) is 12.3 Å². The van der Waals surface area contributed by atoms with Crippen molar-refractivity contribution in [2.24, 2.45) is 0 Å². The number of rotatable bonds is 3. The molecule has 0 saturated carbocycles. The highest BCUT2D eigenvalue weighted by molar-refractivity contribution is 7.11. The van der Waals surface area contributed by atoms with E-state index in [9.17, 15) is 4.79 Å². The monoisotopic (exact) mass is 369 g/mol. The molecule has 2 heterocycles. The summed E-state index contributed by atoms with van der Waals surface area (Å²) < 4.78 is 5.22. The number of methoxy groups -OCH3 is 1. The summed E-state index contributed by atoms with van der Waals surface area (Å²) in [7, 11) is 1.65. The van der Waals surface area contributed by atoms with Crippen LogP contribution in [0.25, 0.3) is 11.1 Å². The van der Waals surface area contributed by atoms with Gasteiger partial charge in [-0.3, -0.25) is 4.79 Å². The van der Waals surface area contributed by atoms with E-state index in [2.05, 4.69) is 10.7 Å². The highest BCUT2D eigenvalue weighted by Gasteiger charge is 2.30. The van der Waals surface area contributed by atoms with Crippen LogP contribution in [-0.4, -0.2) is 13.0 Å². The minimum Gasteiger partial charge on any atom is -0.497 e. The van der Waals surface area contributed by atoms with Crippen LogP contribution in [0.15, 0.2) is 53.9 Å². The Morgan fingerprint density at radius 3 is 2.52 bits per heavy atom. The average molecular weight is 370 g/mol. The van der Waals surface area contributed by atoms with Gasteiger partial charge in [0.05, 0.1) is 12.8 Å². The SMILES string of the molecule is COc1ccc(-c2csc3c2NC(=O)C[C@@H]3c2ccc(Cl)cc2)cc1. The number of carbonyl (C=O) groups is 1. The molecule has 0 spiro atoms. The van der Waals surface area contributed by atoms with Crippen LogP contribution < -0.4 is 10.1 Å². The normalized spacial score (nSPS) is 16.2. The summed E-state index contributed by atoms with van der Waals surface area (Å²) in [6.45, 7) is 0. The van der Waals surface area contributed by atoms with Crippen molar-refractivity contribution in [2.75, 3.05) is 12.4 Å². The second-order valence-corrected chi connectivity index (χ2v) is 7.32. The summed E-state index contributed by atoms with van der Waals surface area (Å²) in [5, 5.41) is 5.88. The van der Waals surface area contributed by atoms with Crippen LogP contribution in [0.4, 0.5) is 5.69 Å². The van der Waals surface area contributed by atoms with Gasteiger partial charge < -0.3 is 10.1 Å². The summed E-state index contributed by atoms with van der Waals surface area (Å²) in [6, 6.07) is 15.6. The van der Waals surface area contributed by atoms with Crippen LogP contribution in [-0.2, 0) is 4.79 Å². The molecule has 0 unspecified atom stereocenters. The highest BCUT2D eigenvalue weighted by Crippen LogP contribution is 2.46. The van der Waals surface area contributed by atoms with Crippen LogP contribution in [0.3, 0.4) is 0 Å². The first-order valence-corrected chi connectivity index (χ1v) is 9.22. The molecule has 0 fully saturated rings. The van der Waals surface area contributed by atoms with E-state index in [0.717, 1.165) is 28.1 Å². The summed E-state index contributed by atoms with van der Waals surface area (Å²) in [5.74, 6) is 0.926. The van der Waals surface area contributed by atoms with Gasteiger partial charge in [0.2, 0.25) is 5.91 Å². The maximum atomic E-state index is 12.3. The molecule has 0 aliphatic carbocycles. The Kier molecular flexibility index (Phi) is 4.24. The molecule has 1 aliphatic rings. The maximum absolute atomic E-state index is 12.3. The van der Waals surface area contributed by atoms with Gasteiger partial charge in [0, 0.05) is 33.2 Å². The molecule has 25 heavy (non-hydrogen) atoms. The van der Waals surface area contributed by atoms with Crippen molar-refractivity contribution in [3.8, 4) is 16.9 Å². The fourth-order valence-electron chi connectivity index (χ4n) is 3.17. The first-order chi connectivity index (χ1) is 12.2. The predicted molar refractivity (Wildman–Crippen MR) is 103 cm³/mol. The molecule has 3 aromatic rings. The van der Waals surface area contributed by atoms with Gasteiger partial charge >= 0.3 is 0 Å². The van der Waals surface area contributed by atoms with Gasteiger partial charge in [0.15, 0.2) is 0 Å². The zero-order valence-corrected chi connectivity index (χ0v) is 15.2. The number of benzene rings is 2. The Bertz CT molecular complexity index is 916. The van der Waals surface area contributed by atoms with Crippen LogP contribution in [0, 0.1) is 0 Å².